The van der Waals surface area contributed by atoms with Gasteiger partial charge in [0.25, 0.3) is 0 Å². The van der Waals surface area contributed by atoms with Gasteiger partial charge in [-0.2, -0.15) is 0 Å². The second kappa shape index (κ2) is 8.88. The number of rotatable bonds is 7. The summed E-state index contributed by atoms with van der Waals surface area (Å²) in [7, 11) is 0. The van der Waals surface area contributed by atoms with Crippen LogP contribution in [0.25, 0.3) is 0 Å². The molecule has 4 nitrogen and oxygen atoms in total. The van der Waals surface area contributed by atoms with Crippen LogP contribution in [-0.4, -0.2) is 41.4 Å². The largest absolute Gasteiger partial charge is 0.339 e. The molecule has 1 saturated heterocycles. The standard InChI is InChI=1S/C14H28NO3PS2/c1-11(2)17-19(20,18-12(3)4)21-10-14(16)15-9-7-6-8-13(15)5/h11-13H,6-10H2,1-5H3. The smallest absolute Gasteiger partial charge is 0.248 e. The molecule has 21 heavy (non-hydrogen) atoms. The molecule has 1 aliphatic heterocycles. The second-order valence-corrected chi connectivity index (χ2v) is 12.2. The fourth-order valence-corrected chi connectivity index (χ4v) is 7.64. The molecule has 0 spiro atoms. The molecule has 1 atom stereocenters. The molecular formula is C14H28NO3PS2. The van der Waals surface area contributed by atoms with Crippen molar-refractivity contribution >= 4 is 34.8 Å². The van der Waals surface area contributed by atoms with Gasteiger partial charge in [-0.15, -0.1) is 0 Å². The average molecular weight is 353 g/mol. The Morgan fingerprint density at radius 1 is 1.29 bits per heavy atom. The minimum Gasteiger partial charge on any atom is -0.339 e. The van der Waals surface area contributed by atoms with E-state index in [-0.39, 0.29) is 18.1 Å². The Kier molecular flexibility index (Phi) is 8.21. The fraction of sp³-hybridized carbons (Fsp3) is 0.929. The number of likely N-dealkylation sites (tertiary alicyclic amines) is 1. The fourth-order valence-electron chi connectivity index (χ4n) is 2.29. The van der Waals surface area contributed by atoms with Gasteiger partial charge in [-0.3, -0.25) is 4.79 Å². The van der Waals surface area contributed by atoms with Crippen molar-refractivity contribution in [3.8, 4) is 0 Å². The first-order valence-corrected chi connectivity index (χ1v) is 11.9. The number of piperidine rings is 1. The van der Waals surface area contributed by atoms with Crippen molar-refractivity contribution in [3.63, 3.8) is 0 Å². The zero-order chi connectivity index (χ0) is 16.0. The lowest BCUT2D eigenvalue weighted by molar-refractivity contribution is -0.131. The summed E-state index contributed by atoms with van der Waals surface area (Å²) in [4.78, 5) is 14.4. The highest BCUT2D eigenvalue weighted by Crippen LogP contribution is 2.62. The number of carbonyl (C=O) groups is 1. The highest BCUT2D eigenvalue weighted by Gasteiger charge is 2.28. The Balaban J connectivity index is 2.59. The van der Waals surface area contributed by atoms with E-state index >= 15 is 0 Å². The molecule has 0 bridgehead atoms. The minimum atomic E-state index is -2.45. The predicted octanol–water partition coefficient (Wildman–Crippen LogP) is 4.20. The first-order valence-electron chi connectivity index (χ1n) is 7.64. The van der Waals surface area contributed by atoms with E-state index in [1.807, 2.05) is 32.6 Å². The van der Waals surface area contributed by atoms with Crippen LogP contribution < -0.4 is 0 Å². The third-order valence-corrected chi connectivity index (χ3v) is 8.52. The molecular weight excluding hydrogens is 325 g/mol. The van der Waals surface area contributed by atoms with Crippen LogP contribution >= 0.6 is 17.1 Å². The van der Waals surface area contributed by atoms with Gasteiger partial charge in [0.15, 0.2) is 0 Å². The molecule has 1 heterocycles. The Labute approximate surface area is 138 Å². The lowest BCUT2D eigenvalue weighted by atomic mass is 10.0. The van der Waals surface area contributed by atoms with Crippen molar-refractivity contribution < 1.29 is 13.8 Å². The molecule has 0 N–H and O–H groups in total. The van der Waals surface area contributed by atoms with E-state index in [4.69, 9.17) is 20.9 Å². The summed E-state index contributed by atoms with van der Waals surface area (Å²) >= 11 is 6.94. The zero-order valence-corrected chi connectivity index (χ0v) is 16.2. The molecule has 0 radical (unpaired) electrons. The molecule has 0 aliphatic carbocycles. The van der Waals surface area contributed by atoms with E-state index in [2.05, 4.69) is 6.92 Å². The van der Waals surface area contributed by atoms with Crippen molar-refractivity contribution in [2.45, 2.75) is 72.1 Å². The molecule has 0 aromatic heterocycles. The lowest BCUT2D eigenvalue weighted by Gasteiger charge is -2.34. The van der Waals surface area contributed by atoms with Gasteiger partial charge >= 0.3 is 0 Å². The van der Waals surface area contributed by atoms with Crippen LogP contribution in [0.2, 0.25) is 0 Å². The molecule has 1 fully saturated rings. The number of nitrogens with zero attached hydrogens (tertiary/aromatic N) is 1. The summed E-state index contributed by atoms with van der Waals surface area (Å²) in [6.07, 6.45) is 3.41. The van der Waals surface area contributed by atoms with Crippen molar-refractivity contribution in [1.29, 1.82) is 0 Å². The summed E-state index contributed by atoms with van der Waals surface area (Å²) in [5.41, 5.74) is -2.45. The molecule has 124 valence electrons. The van der Waals surface area contributed by atoms with Crippen molar-refractivity contribution in [2.75, 3.05) is 12.3 Å². The minimum absolute atomic E-state index is 0.00564. The van der Waals surface area contributed by atoms with Crippen LogP contribution in [0.1, 0.15) is 53.9 Å². The zero-order valence-electron chi connectivity index (χ0n) is 13.7. The summed E-state index contributed by atoms with van der Waals surface area (Å²) in [6.45, 7) is 10.8. The third-order valence-electron chi connectivity index (χ3n) is 3.15. The predicted molar refractivity (Wildman–Crippen MR) is 94.2 cm³/mol. The van der Waals surface area contributed by atoms with Crippen LogP contribution in [0.15, 0.2) is 0 Å². The maximum absolute atomic E-state index is 12.4. The summed E-state index contributed by atoms with van der Waals surface area (Å²) in [5, 5.41) is 0. The Morgan fingerprint density at radius 2 is 1.86 bits per heavy atom. The van der Waals surface area contributed by atoms with Gasteiger partial charge in [0.1, 0.15) is 0 Å². The molecule has 1 amide bonds. The monoisotopic (exact) mass is 353 g/mol. The van der Waals surface area contributed by atoms with E-state index in [0.29, 0.717) is 11.8 Å². The molecule has 1 rings (SSSR count). The number of carbonyl (C=O) groups excluding carboxylic acids is 1. The van der Waals surface area contributed by atoms with E-state index in [9.17, 15) is 4.79 Å². The Hall–Kier alpha value is 0.390. The van der Waals surface area contributed by atoms with Crippen molar-refractivity contribution in [3.05, 3.63) is 0 Å². The van der Waals surface area contributed by atoms with Crippen LogP contribution in [0.3, 0.4) is 0 Å². The summed E-state index contributed by atoms with van der Waals surface area (Å²) in [5.74, 6) is 0.502. The van der Waals surface area contributed by atoms with E-state index in [0.717, 1.165) is 19.4 Å². The molecule has 1 unspecified atom stereocenters. The molecule has 0 aromatic carbocycles. The SMILES string of the molecule is CC(C)OP(=S)(OC(C)C)SCC(=O)N1CCCCC1C. The van der Waals surface area contributed by atoms with Gasteiger partial charge < -0.3 is 13.9 Å². The maximum Gasteiger partial charge on any atom is 0.248 e. The topological polar surface area (TPSA) is 38.8 Å². The molecule has 1 aliphatic rings. The second-order valence-electron chi connectivity index (χ2n) is 5.96. The van der Waals surface area contributed by atoms with Gasteiger partial charge in [-0.05, 0) is 65.7 Å². The van der Waals surface area contributed by atoms with Crippen LogP contribution in [0, 0.1) is 0 Å². The van der Waals surface area contributed by atoms with Crippen LogP contribution in [0.4, 0.5) is 0 Å². The van der Waals surface area contributed by atoms with E-state index in [1.54, 1.807) is 0 Å². The van der Waals surface area contributed by atoms with Gasteiger partial charge in [0.2, 0.25) is 11.6 Å². The summed E-state index contributed by atoms with van der Waals surface area (Å²) < 4.78 is 11.6. The van der Waals surface area contributed by atoms with E-state index in [1.165, 1.54) is 17.8 Å². The highest BCUT2D eigenvalue weighted by atomic mass is 32.9. The quantitative estimate of drug-likeness (QED) is 0.642. The van der Waals surface area contributed by atoms with Gasteiger partial charge in [-0.25, -0.2) is 0 Å². The van der Waals surface area contributed by atoms with Crippen molar-refractivity contribution in [2.24, 2.45) is 0 Å². The van der Waals surface area contributed by atoms with Gasteiger partial charge in [0.05, 0.1) is 18.0 Å². The van der Waals surface area contributed by atoms with Crippen LogP contribution in [0.5, 0.6) is 0 Å². The normalized spacial score (nSPS) is 20.3. The summed E-state index contributed by atoms with van der Waals surface area (Å²) in [6, 6.07) is 0.335. The number of amides is 1. The van der Waals surface area contributed by atoms with Gasteiger partial charge in [-0.1, -0.05) is 11.4 Å². The van der Waals surface area contributed by atoms with E-state index < -0.39 is 5.69 Å². The number of hydrogen-bond donors (Lipinski definition) is 0. The average Bonchev–Trinajstić information content (AvgIpc) is 2.34. The van der Waals surface area contributed by atoms with Gasteiger partial charge in [0, 0.05) is 12.6 Å². The number of hydrogen-bond acceptors (Lipinski definition) is 5. The Morgan fingerprint density at radius 3 is 2.33 bits per heavy atom. The molecule has 0 aromatic rings. The first-order chi connectivity index (χ1) is 9.73. The highest BCUT2D eigenvalue weighted by molar-refractivity contribution is 8.68. The van der Waals surface area contributed by atoms with Crippen molar-refractivity contribution in [1.82, 2.24) is 4.90 Å². The lowest BCUT2D eigenvalue weighted by Crippen LogP contribution is -2.42. The maximum atomic E-state index is 12.4. The molecule has 0 saturated carbocycles. The molecule has 7 heteroatoms. The first kappa shape index (κ1) is 19.4. The third kappa shape index (κ3) is 7.00. The Bertz CT molecular complexity index is 376. The van der Waals surface area contributed by atoms with Crippen LogP contribution in [-0.2, 0) is 25.6 Å².